The largest absolute Gasteiger partial charge is 0.299 e. The van der Waals surface area contributed by atoms with Gasteiger partial charge in [-0.3, -0.25) is 9.35 Å². The van der Waals surface area contributed by atoms with Crippen molar-refractivity contribution in [3.8, 4) is 0 Å². The number of fused-ring (bicyclic) bond motifs is 1. The fraction of sp³-hybridized carbons (Fsp3) is 0.889. The van der Waals surface area contributed by atoms with Gasteiger partial charge in [-0.25, -0.2) is 0 Å². The first-order valence-electron chi connectivity index (χ1n) is 4.70. The van der Waals surface area contributed by atoms with Crippen LogP contribution in [-0.4, -0.2) is 24.5 Å². The summed E-state index contributed by atoms with van der Waals surface area (Å²) < 4.78 is 30.4. The van der Waals surface area contributed by atoms with Crippen molar-refractivity contribution in [2.75, 3.05) is 5.75 Å². The van der Waals surface area contributed by atoms with Gasteiger partial charge in [0.2, 0.25) is 0 Å². The van der Waals surface area contributed by atoms with E-state index in [1.54, 1.807) is 0 Å². The predicted molar refractivity (Wildman–Crippen MR) is 50.4 cm³/mol. The van der Waals surface area contributed by atoms with Gasteiger partial charge in [0.25, 0.3) is 10.1 Å². The molecule has 0 aromatic heterocycles. The second kappa shape index (κ2) is 2.39. The van der Waals surface area contributed by atoms with E-state index in [-0.39, 0.29) is 22.9 Å². The molecule has 0 radical (unpaired) electrons. The average molecular weight is 218 g/mol. The summed E-state index contributed by atoms with van der Waals surface area (Å²) in [5.74, 6) is -0.151. The smallest absolute Gasteiger partial charge is 0.265 e. The summed E-state index contributed by atoms with van der Waals surface area (Å²) in [5, 5.41) is 0. The lowest BCUT2D eigenvalue weighted by atomic mass is 9.92. The summed E-state index contributed by atoms with van der Waals surface area (Å²) >= 11 is 0. The van der Waals surface area contributed by atoms with Crippen LogP contribution in [0, 0.1) is 16.7 Å². The summed E-state index contributed by atoms with van der Waals surface area (Å²) in [6, 6.07) is 0. The molecule has 5 heteroatoms. The Bertz CT molecular complexity index is 399. The summed E-state index contributed by atoms with van der Waals surface area (Å²) in [6.07, 6.45) is 1.06. The van der Waals surface area contributed by atoms with Crippen molar-refractivity contribution in [3.05, 3.63) is 0 Å². The van der Waals surface area contributed by atoms with Gasteiger partial charge in [0.15, 0.2) is 0 Å². The molecule has 0 bridgehead atoms. The Morgan fingerprint density at radius 1 is 1.57 bits per heavy atom. The molecule has 2 saturated carbocycles. The number of carbonyl (C=O) groups is 1. The highest BCUT2D eigenvalue weighted by Crippen LogP contribution is 2.73. The van der Waals surface area contributed by atoms with Gasteiger partial charge >= 0.3 is 0 Å². The molecule has 0 saturated heterocycles. The number of rotatable bonds is 2. The number of ketones is 1. The summed E-state index contributed by atoms with van der Waals surface area (Å²) in [5.41, 5.74) is -0.958. The van der Waals surface area contributed by atoms with Crippen molar-refractivity contribution in [3.63, 3.8) is 0 Å². The van der Waals surface area contributed by atoms with Gasteiger partial charge in [0.05, 0.1) is 11.2 Å². The third kappa shape index (κ3) is 1.08. The molecule has 0 aromatic carbocycles. The van der Waals surface area contributed by atoms with Crippen molar-refractivity contribution in [1.29, 1.82) is 0 Å². The van der Waals surface area contributed by atoms with Crippen molar-refractivity contribution in [2.45, 2.75) is 26.7 Å². The standard InChI is InChI=1S/C9H14O4S/c1-6-3-7(10)9(4-8(6,9)2)5-14(11,12)13/h6H,3-5H2,1-2H3,(H,11,12,13)/t6?,8?,9-/m1/s1. The molecule has 2 aliphatic rings. The van der Waals surface area contributed by atoms with Crippen LogP contribution in [0.4, 0.5) is 0 Å². The molecule has 14 heavy (non-hydrogen) atoms. The van der Waals surface area contributed by atoms with E-state index in [0.717, 1.165) is 0 Å². The lowest BCUT2D eigenvalue weighted by molar-refractivity contribution is -0.122. The zero-order valence-electron chi connectivity index (χ0n) is 8.28. The quantitative estimate of drug-likeness (QED) is 0.698. The molecule has 2 aliphatic carbocycles. The number of hydrogen-bond acceptors (Lipinski definition) is 3. The highest BCUT2D eigenvalue weighted by atomic mass is 32.2. The topological polar surface area (TPSA) is 71.4 Å². The van der Waals surface area contributed by atoms with Crippen molar-refractivity contribution >= 4 is 15.9 Å². The molecule has 0 aliphatic heterocycles. The molecular formula is C9H14O4S. The summed E-state index contributed by atoms with van der Waals surface area (Å²) in [6.45, 7) is 3.91. The van der Waals surface area contributed by atoms with Crippen LogP contribution < -0.4 is 0 Å². The second-order valence-electron chi connectivity index (χ2n) is 4.93. The Labute approximate surface area is 83.4 Å². The molecule has 2 unspecified atom stereocenters. The highest BCUT2D eigenvalue weighted by molar-refractivity contribution is 7.85. The van der Waals surface area contributed by atoms with E-state index < -0.39 is 15.5 Å². The zero-order chi connectivity index (χ0) is 10.8. The van der Waals surface area contributed by atoms with Gasteiger partial charge in [-0.1, -0.05) is 13.8 Å². The van der Waals surface area contributed by atoms with Crippen LogP contribution in [0.15, 0.2) is 0 Å². The van der Waals surface area contributed by atoms with Crippen LogP contribution in [0.1, 0.15) is 26.7 Å². The normalized spacial score (nSPS) is 46.5. The van der Waals surface area contributed by atoms with Crippen LogP contribution in [0.2, 0.25) is 0 Å². The Hall–Kier alpha value is -0.420. The molecule has 4 nitrogen and oxygen atoms in total. The summed E-state index contributed by atoms with van der Waals surface area (Å²) in [7, 11) is -4.04. The number of hydrogen-bond donors (Lipinski definition) is 1. The maximum Gasteiger partial charge on any atom is 0.265 e. The first-order chi connectivity index (χ1) is 6.21. The molecular weight excluding hydrogens is 204 g/mol. The molecule has 1 N–H and O–H groups in total. The minimum Gasteiger partial charge on any atom is -0.299 e. The van der Waals surface area contributed by atoms with Gasteiger partial charge < -0.3 is 0 Å². The summed E-state index contributed by atoms with van der Waals surface area (Å²) in [4.78, 5) is 11.7. The molecule has 0 aromatic rings. The van der Waals surface area contributed by atoms with Crippen LogP contribution in [0.5, 0.6) is 0 Å². The van der Waals surface area contributed by atoms with E-state index in [1.165, 1.54) is 0 Å². The molecule has 80 valence electrons. The van der Waals surface area contributed by atoms with Gasteiger partial charge in [-0.15, -0.1) is 0 Å². The molecule has 2 fully saturated rings. The van der Waals surface area contributed by atoms with Gasteiger partial charge in [-0.05, 0) is 17.8 Å². The average Bonchev–Trinajstić information content (AvgIpc) is 2.49. The van der Waals surface area contributed by atoms with Crippen molar-refractivity contribution in [1.82, 2.24) is 0 Å². The lowest BCUT2D eigenvalue weighted by Gasteiger charge is -2.13. The van der Waals surface area contributed by atoms with Gasteiger partial charge in [0, 0.05) is 6.42 Å². The Kier molecular flexibility index (Phi) is 1.72. The first-order valence-corrected chi connectivity index (χ1v) is 6.31. The number of Topliss-reactive ketones (excluding diaryl/α,β-unsaturated/α-hetero) is 1. The minimum absolute atomic E-state index is 0.00475. The second-order valence-corrected chi connectivity index (χ2v) is 6.38. The minimum atomic E-state index is -4.04. The monoisotopic (exact) mass is 218 g/mol. The zero-order valence-corrected chi connectivity index (χ0v) is 9.10. The first kappa shape index (κ1) is 10.1. The van der Waals surface area contributed by atoms with E-state index in [4.69, 9.17) is 4.55 Å². The van der Waals surface area contributed by atoms with E-state index in [2.05, 4.69) is 0 Å². The molecule has 0 amide bonds. The van der Waals surface area contributed by atoms with Crippen molar-refractivity contribution < 1.29 is 17.8 Å². The Morgan fingerprint density at radius 2 is 2.14 bits per heavy atom. The van der Waals surface area contributed by atoms with Gasteiger partial charge in [-0.2, -0.15) is 8.42 Å². The maximum atomic E-state index is 11.7. The van der Waals surface area contributed by atoms with Crippen LogP contribution in [0.25, 0.3) is 0 Å². The van der Waals surface area contributed by atoms with Crippen LogP contribution in [-0.2, 0) is 14.9 Å². The number of carbonyl (C=O) groups excluding carboxylic acids is 1. The van der Waals surface area contributed by atoms with Gasteiger partial charge in [0.1, 0.15) is 5.78 Å². The van der Waals surface area contributed by atoms with E-state index in [9.17, 15) is 13.2 Å². The van der Waals surface area contributed by atoms with Crippen molar-refractivity contribution in [2.24, 2.45) is 16.7 Å². The third-order valence-corrected chi connectivity index (χ3v) is 5.04. The van der Waals surface area contributed by atoms with Crippen LogP contribution in [0.3, 0.4) is 0 Å². The Balaban J connectivity index is 2.33. The fourth-order valence-electron chi connectivity index (χ4n) is 2.95. The maximum absolute atomic E-state index is 11.7. The lowest BCUT2D eigenvalue weighted by Crippen LogP contribution is -2.25. The molecule has 2 rings (SSSR count). The van der Waals surface area contributed by atoms with E-state index in [0.29, 0.717) is 12.8 Å². The Morgan fingerprint density at radius 3 is 2.43 bits per heavy atom. The molecule has 3 atom stereocenters. The third-order valence-electron chi connectivity index (χ3n) is 4.18. The van der Waals surface area contributed by atoms with E-state index >= 15 is 0 Å². The fourth-order valence-corrected chi connectivity index (χ4v) is 4.17. The SMILES string of the molecule is CC1CC(=O)[C@]2(CS(=O)(=O)O)CC12C. The van der Waals surface area contributed by atoms with E-state index in [1.807, 2.05) is 13.8 Å². The predicted octanol–water partition coefficient (Wildman–Crippen LogP) is 0.879. The van der Waals surface area contributed by atoms with Crippen LogP contribution >= 0.6 is 0 Å². The highest BCUT2D eigenvalue weighted by Gasteiger charge is 2.75. The molecule has 0 heterocycles. The molecule has 0 spiro atoms.